The number of halogens is 2. The lowest BCUT2D eigenvalue weighted by Crippen LogP contribution is -2.31. The maximum Gasteiger partial charge on any atom is 0.253 e. The molecule has 2 atom stereocenters. The maximum absolute atomic E-state index is 13.0. The molecule has 0 saturated carbocycles. The van der Waals surface area contributed by atoms with E-state index in [0.717, 1.165) is 54.3 Å². The van der Waals surface area contributed by atoms with Gasteiger partial charge < -0.3 is 10.2 Å². The molecule has 2 fully saturated rings. The Kier molecular flexibility index (Phi) is 5.98. The Morgan fingerprint density at radius 1 is 1.04 bits per heavy atom. The first-order valence-electron chi connectivity index (χ1n) is 9.25. The van der Waals surface area contributed by atoms with Gasteiger partial charge in [-0.3, -0.25) is 9.36 Å². The van der Waals surface area contributed by atoms with Crippen molar-refractivity contribution in [2.24, 2.45) is 11.8 Å². The molecule has 2 aliphatic rings. The molecule has 0 radical (unpaired) electrons. The van der Waals surface area contributed by atoms with Crippen molar-refractivity contribution in [2.75, 3.05) is 26.2 Å². The molecular weight excluding hydrogens is 395 g/mol. The molecule has 2 saturated heterocycles. The predicted molar refractivity (Wildman–Crippen MR) is 116 cm³/mol. The van der Waals surface area contributed by atoms with E-state index < -0.39 is 0 Å². The average Bonchev–Trinajstić information content (AvgIpc) is 3.33. The van der Waals surface area contributed by atoms with Crippen molar-refractivity contribution in [1.82, 2.24) is 19.8 Å². The van der Waals surface area contributed by atoms with E-state index >= 15 is 0 Å². The number of carbonyl (C=O) groups is 1. The van der Waals surface area contributed by atoms with E-state index in [1.165, 1.54) is 0 Å². The molecular formula is C21H24Cl2N4O. The third-order valence-electron chi connectivity index (χ3n) is 5.76. The van der Waals surface area contributed by atoms with Crippen LogP contribution in [0.15, 0.2) is 48.5 Å². The van der Waals surface area contributed by atoms with Crippen molar-refractivity contribution in [3.63, 3.8) is 0 Å². The lowest BCUT2D eigenvalue weighted by molar-refractivity contribution is 0.0782. The van der Waals surface area contributed by atoms with Crippen LogP contribution in [0.3, 0.4) is 0 Å². The highest BCUT2D eigenvalue weighted by atomic mass is 35.5. The molecule has 148 valence electrons. The van der Waals surface area contributed by atoms with E-state index in [0.29, 0.717) is 11.8 Å². The molecule has 5 nitrogen and oxygen atoms in total. The highest BCUT2D eigenvalue weighted by Crippen LogP contribution is 2.28. The highest BCUT2D eigenvalue weighted by molar-refractivity contribution is 5.98. The summed E-state index contributed by atoms with van der Waals surface area (Å²) in [4.78, 5) is 19.7. The van der Waals surface area contributed by atoms with E-state index in [4.69, 9.17) is 4.98 Å². The van der Waals surface area contributed by atoms with Crippen LogP contribution >= 0.6 is 24.8 Å². The first-order valence-corrected chi connectivity index (χ1v) is 9.25. The van der Waals surface area contributed by atoms with Gasteiger partial charge >= 0.3 is 0 Å². The number of likely N-dealkylation sites (tertiary alicyclic amines) is 1. The summed E-state index contributed by atoms with van der Waals surface area (Å²) in [6.07, 6.45) is 0. The Bertz CT molecular complexity index is 977. The van der Waals surface area contributed by atoms with E-state index in [1.807, 2.05) is 48.2 Å². The van der Waals surface area contributed by atoms with Crippen LogP contribution in [-0.2, 0) is 0 Å². The predicted octanol–water partition coefficient (Wildman–Crippen LogP) is 3.47. The second kappa shape index (κ2) is 8.11. The van der Waals surface area contributed by atoms with Crippen LogP contribution in [0.5, 0.6) is 0 Å². The number of para-hydroxylation sites is 1. The molecule has 1 amide bonds. The maximum atomic E-state index is 13.0. The fourth-order valence-corrected chi connectivity index (χ4v) is 4.44. The number of aryl methyl sites for hydroxylation is 1. The van der Waals surface area contributed by atoms with E-state index in [9.17, 15) is 4.79 Å². The minimum Gasteiger partial charge on any atom is -0.338 e. The number of hydrogen-bond donors (Lipinski definition) is 1. The number of rotatable bonds is 2. The van der Waals surface area contributed by atoms with Gasteiger partial charge in [-0.15, -0.1) is 24.8 Å². The van der Waals surface area contributed by atoms with Gasteiger partial charge in [-0.2, -0.15) is 0 Å². The fraction of sp³-hybridized carbons (Fsp3) is 0.333. The summed E-state index contributed by atoms with van der Waals surface area (Å²) in [7, 11) is 0. The lowest BCUT2D eigenvalue weighted by Gasteiger charge is -2.17. The van der Waals surface area contributed by atoms with E-state index in [2.05, 4.69) is 22.0 Å². The van der Waals surface area contributed by atoms with Crippen molar-refractivity contribution in [3.05, 3.63) is 59.9 Å². The zero-order chi connectivity index (χ0) is 17.7. The second-order valence-corrected chi connectivity index (χ2v) is 7.42. The first kappa shape index (κ1) is 20.6. The third-order valence-corrected chi connectivity index (χ3v) is 5.76. The second-order valence-electron chi connectivity index (χ2n) is 7.42. The molecule has 0 bridgehead atoms. The van der Waals surface area contributed by atoms with Crippen molar-refractivity contribution in [3.8, 4) is 5.69 Å². The molecule has 28 heavy (non-hydrogen) atoms. The molecule has 0 unspecified atom stereocenters. The fourth-order valence-electron chi connectivity index (χ4n) is 4.44. The summed E-state index contributed by atoms with van der Waals surface area (Å²) < 4.78 is 2.13. The number of nitrogens with one attached hydrogen (secondary N) is 1. The number of fused-ring (bicyclic) bond motifs is 2. The van der Waals surface area contributed by atoms with Crippen LogP contribution in [0.1, 0.15) is 16.2 Å². The monoisotopic (exact) mass is 418 g/mol. The van der Waals surface area contributed by atoms with Gasteiger partial charge in [-0.1, -0.05) is 18.2 Å². The summed E-state index contributed by atoms with van der Waals surface area (Å²) >= 11 is 0. The number of carbonyl (C=O) groups excluding carboxylic acids is 1. The van der Waals surface area contributed by atoms with Crippen molar-refractivity contribution < 1.29 is 4.79 Å². The number of imidazole rings is 1. The SMILES string of the molecule is Cc1nc2cc(C(=O)N3C[C@H]4CNC[C@H]4C3)ccc2n1-c1ccccc1.Cl.Cl. The topological polar surface area (TPSA) is 50.2 Å². The average molecular weight is 419 g/mol. The van der Waals surface area contributed by atoms with Gasteiger partial charge in [-0.25, -0.2) is 4.98 Å². The summed E-state index contributed by atoms with van der Waals surface area (Å²) in [5, 5.41) is 3.42. The van der Waals surface area contributed by atoms with Crippen molar-refractivity contribution in [1.29, 1.82) is 0 Å². The van der Waals surface area contributed by atoms with Crippen molar-refractivity contribution >= 4 is 41.8 Å². The minimum absolute atomic E-state index is 0. The van der Waals surface area contributed by atoms with Gasteiger partial charge in [0.1, 0.15) is 5.82 Å². The molecule has 1 aromatic heterocycles. The Balaban J connectivity index is 0.00000112. The number of nitrogens with zero attached hydrogens (tertiary/aromatic N) is 3. The normalized spacial score (nSPS) is 20.5. The largest absolute Gasteiger partial charge is 0.338 e. The summed E-state index contributed by atoms with van der Waals surface area (Å²) in [5.41, 5.74) is 3.74. The van der Waals surface area contributed by atoms with Gasteiger partial charge in [0.15, 0.2) is 0 Å². The molecule has 0 spiro atoms. The van der Waals surface area contributed by atoms with Gasteiger partial charge in [0.2, 0.25) is 0 Å². The van der Waals surface area contributed by atoms with Crippen LogP contribution in [-0.4, -0.2) is 46.5 Å². The van der Waals surface area contributed by atoms with Gasteiger partial charge in [0.05, 0.1) is 11.0 Å². The van der Waals surface area contributed by atoms with Crippen LogP contribution < -0.4 is 5.32 Å². The van der Waals surface area contributed by atoms with E-state index in [-0.39, 0.29) is 30.7 Å². The summed E-state index contributed by atoms with van der Waals surface area (Å²) in [5.74, 6) is 2.29. The zero-order valence-electron chi connectivity index (χ0n) is 15.7. The van der Waals surface area contributed by atoms with Crippen molar-refractivity contribution in [2.45, 2.75) is 6.92 Å². The molecule has 7 heteroatoms. The van der Waals surface area contributed by atoms with Crippen LogP contribution in [0.2, 0.25) is 0 Å². The Labute approximate surface area is 176 Å². The number of hydrogen-bond acceptors (Lipinski definition) is 3. The Morgan fingerprint density at radius 2 is 1.71 bits per heavy atom. The quantitative estimate of drug-likeness (QED) is 0.692. The van der Waals surface area contributed by atoms with Crippen LogP contribution in [0, 0.1) is 18.8 Å². The Morgan fingerprint density at radius 3 is 2.39 bits per heavy atom. The lowest BCUT2D eigenvalue weighted by atomic mass is 10.0. The molecule has 1 N–H and O–H groups in total. The molecule has 2 aromatic carbocycles. The number of benzene rings is 2. The molecule has 3 heterocycles. The zero-order valence-corrected chi connectivity index (χ0v) is 17.3. The minimum atomic E-state index is 0. The Hall–Kier alpha value is -2.08. The highest BCUT2D eigenvalue weighted by Gasteiger charge is 2.38. The summed E-state index contributed by atoms with van der Waals surface area (Å²) in [6.45, 7) is 5.81. The standard InChI is InChI=1S/C21H22N4O.2ClH/c1-14-23-19-9-15(21(26)24-12-16-10-22-11-17(16)13-24)7-8-20(19)25(14)18-5-3-2-4-6-18;;/h2-9,16-17,22H,10-13H2,1H3;2*1H/t16-,17+;;. The number of amides is 1. The van der Waals surface area contributed by atoms with E-state index in [1.54, 1.807) is 0 Å². The van der Waals surface area contributed by atoms with Gasteiger partial charge in [-0.05, 0) is 49.1 Å². The van der Waals surface area contributed by atoms with Gasteiger partial charge in [0.25, 0.3) is 5.91 Å². The van der Waals surface area contributed by atoms with Crippen LogP contribution in [0.4, 0.5) is 0 Å². The smallest absolute Gasteiger partial charge is 0.253 e. The van der Waals surface area contributed by atoms with Crippen LogP contribution in [0.25, 0.3) is 16.7 Å². The molecule has 2 aliphatic heterocycles. The molecule has 3 aromatic rings. The molecule has 5 rings (SSSR count). The third kappa shape index (κ3) is 3.39. The molecule has 0 aliphatic carbocycles. The van der Waals surface area contributed by atoms with Gasteiger partial charge in [0, 0.05) is 37.4 Å². The first-order chi connectivity index (χ1) is 12.7. The summed E-state index contributed by atoms with van der Waals surface area (Å²) in [6, 6.07) is 16.1. The number of aromatic nitrogens is 2.